The minimum absolute atomic E-state index is 0.0522. The van der Waals surface area contributed by atoms with Crippen molar-refractivity contribution in [1.82, 2.24) is 5.32 Å². The van der Waals surface area contributed by atoms with Gasteiger partial charge < -0.3 is 16.4 Å². The molecule has 0 radical (unpaired) electrons. The lowest BCUT2D eigenvalue weighted by Gasteiger charge is -2.22. The zero-order chi connectivity index (χ0) is 13.8. The Bertz CT molecular complexity index is 493. The molecule has 1 fully saturated rings. The number of carbonyl (C=O) groups is 2. The number of hydrogen-bond acceptors (Lipinski definition) is 3. The molecule has 0 aromatic heterocycles. The Hall–Kier alpha value is -1.88. The highest BCUT2D eigenvalue weighted by Gasteiger charge is 2.21. The highest BCUT2D eigenvalue weighted by Crippen LogP contribution is 2.19. The van der Waals surface area contributed by atoms with Crippen LogP contribution in [0.1, 0.15) is 28.8 Å². The molecular formula is C14H19N3O2. The molecule has 2 amide bonds. The lowest BCUT2D eigenvalue weighted by molar-refractivity contribution is -0.120. The number of nitrogens with two attached hydrogens (primary N) is 1. The van der Waals surface area contributed by atoms with Crippen LogP contribution in [0.3, 0.4) is 0 Å². The first-order valence-corrected chi connectivity index (χ1v) is 6.50. The van der Waals surface area contributed by atoms with Gasteiger partial charge in [0.2, 0.25) is 11.8 Å². The Labute approximate surface area is 112 Å². The van der Waals surface area contributed by atoms with Crippen LogP contribution in [0.4, 0.5) is 5.69 Å². The molecule has 1 aliphatic heterocycles. The van der Waals surface area contributed by atoms with Crippen LogP contribution in [0.15, 0.2) is 18.2 Å². The molecule has 1 aromatic carbocycles. The quantitative estimate of drug-likeness (QED) is 0.760. The summed E-state index contributed by atoms with van der Waals surface area (Å²) >= 11 is 0. The van der Waals surface area contributed by atoms with Gasteiger partial charge in [-0.1, -0.05) is 0 Å². The summed E-state index contributed by atoms with van der Waals surface area (Å²) in [4.78, 5) is 23.2. The van der Waals surface area contributed by atoms with Gasteiger partial charge in [0.15, 0.2) is 0 Å². The second kappa shape index (κ2) is 5.84. The van der Waals surface area contributed by atoms with Crippen LogP contribution in [0.2, 0.25) is 0 Å². The van der Waals surface area contributed by atoms with Crippen molar-refractivity contribution in [3.05, 3.63) is 29.3 Å². The lowest BCUT2D eigenvalue weighted by atomic mass is 9.97. The smallest absolute Gasteiger partial charge is 0.248 e. The number of primary amides is 1. The summed E-state index contributed by atoms with van der Waals surface area (Å²) in [6.07, 6.45) is 1.73. The maximum atomic E-state index is 12.1. The van der Waals surface area contributed by atoms with Crippen molar-refractivity contribution in [3.8, 4) is 0 Å². The predicted octanol–water partition coefficient (Wildman–Crippen LogP) is 1.03. The molecule has 0 spiro atoms. The number of carbonyl (C=O) groups excluding carboxylic acids is 2. The zero-order valence-electron chi connectivity index (χ0n) is 11.0. The summed E-state index contributed by atoms with van der Waals surface area (Å²) in [6, 6.07) is 5.06. The number of rotatable bonds is 3. The van der Waals surface area contributed by atoms with Gasteiger partial charge >= 0.3 is 0 Å². The summed E-state index contributed by atoms with van der Waals surface area (Å²) < 4.78 is 0. The molecule has 1 heterocycles. The third kappa shape index (κ3) is 3.32. The van der Waals surface area contributed by atoms with E-state index in [0.29, 0.717) is 5.56 Å². The highest BCUT2D eigenvalue weighted by molar-refractivity contribution is 5.96. The average molecular weight is 261 g/mol. The molecule has 0 aliphatic carbocycles. The van der Waals surface area contributed by atoms with Crippen LogP contribution in [0.25, 0.3) is 0 Å². The standard InChI is InChI=1S/C14H19N3O2/c1-9-8-11(13(15)18)2-3-12(9)17-14(19)10-4-6-16-7-5-10/h2-3,8,10,16H,4-7H2,1H3,(H2,15,18)(H,17,19). The van der Waals surface area contributed by atoms with Crippen molar-refractivity contribution < 1.29 is 9.59 Å². The molecule has 1 aromatic rings. The normalized spacial score (nSPS) is 16.1. The summed E-state index contributed by atoms with van der Waals surface area (Å²) in [5, 5.41) is 6.16. The molecule has 102 valence electrons. The van der Waals surface area contributed by atoms with Crippen LogP contribution < -0.4 is 16.4 Å². The third-order valence-electron chi connectivity index (χ3n) is 3.48. The largest absolute Gasteiger partial charge is 0.366 e. The number of nitrogens with one attached hydrogen (secondary N) is 2. The number of piperidine rings is 1. The van der Waals surface area contributed by atoms with E-state index in [1.807, 2.05) is 6.92 Å². The molecule has 5 nitrogen and oxygen atoms in total. The van der Waals surface area contributed by atoms with E-state index >= 15 is 0 Å². The summed E-state index contributed by atoms with van der Waals surface area (Å²) in [5.74, 6) is -0.341. The molecule has 0 saturated carbocycles. The minimum atomic E-state index is -0.459. The van der Waals surface area contributed by atoms with E-state index in [2.05, 4.69) is 10.6 Å². The van der Waals surface area contributed by atoms with Crippen molar-refractivity contribution in [1.29, 1.82) is 0 Å². The van der Waals surface area contributed by atoms with Gasteiger partial charge in [-0.15, -0.1) is 0 Å². The van der Waals surface area contributed by atoms with Gasteiger partial charge in [0.05, 0.1) is 0 Å². The Morgan fingerprint density at radius 1 is 1.32 bits per heavy atom. The van der Waals surface area contributed by atoms with E-state index in [4.69, 9.17) is 5.73 Å². The van der Waals surface area contributed by atoms with Gasteiger partial charge in [-0.25, -0.2) is 0 Å². The van der Waals surface area contributed by atoms with Gasteiger partial charge in [-0.05, 0) is 56.6 Å². The zero-order valence-corrected chi connectivity index (χ0v) is 11.0. The Balaban J connectivity index is 2.06. The molecule has 0 bridgehead atoms. The van der Waals surface area contributed by atoms with Gasteiger partial charge in [0.25, 0.3) is 0 Å². The molecule has 5 heteroatoms. The number of benzene rings is 1. The second-order valence-electron chi connectivity index (χ2n) is 4.91. The van der Waals surface area contributed by atoms with Crippen molar-refractivity contribution in [3.63, 3.8) is 0 Å². The van der Waals surface area contributed by atoms with Crippen molar-refractivity contribution in [2.45, 2.75) is 19.8 Å². The number of amides is 2. The van der Waals surface area contributed by atoms with E-state index in [-0.39, 0.29) is 11.8 Å². The Kier molecular flexibility index (Phi) is 4.16. The van der Waals surface area contributed by atoms with Gasteiger partial charge in [-0.3, -0.25) is 9.59 Å². The maximum absolute atomic E-state index is 12.1. The summed E-state index contributed by atoms with van der Waals surface area (Å²) in [5.41, 5.74) is 7.26. The molecule has 1 saturated heterocycles. The van der Waals surface area contributed by atoms with E-state index in [0.717, 1.165) is 37.2 Å². The van der Waals surface area contributed by atoms with Crippen molar-refractivity contribution >= 4 is 17.5 Å². The van der Waals surface area contributed by atoms with E-state index in [1.54, 1.807) is 18.2 Å². The Morgan fingerprint density at radius 2 is 2.00 bits per heavy atom. The first-order valence-electron chi connectivity index (χ1n) is 6.50. The van der Waals surface area contributed by atoms with Crippen LogP contribution in [0, 0.1) is 12.8 Å². The van der Waals surface area contributed by atoms with Gasteiger partial charge in [0, 0.05) is 17.2 Å². The minimum Gasteiger partial charge on any atom is -0.366 e. The van der Waals surface area contributed by atoms with Crippen LogP contribution in [0.5, 0.6) is 0 Å². The molecule has 4 N–H and O–H groups in total. The molecule has 1 aliphatic rings. The predicted molar refractivity (Wildman–Crippen MR) is 73.9 cm³/mol. The molecule has 0 atom stereocenters. The fraction of sp³-hybridized carbons (Fsp3) is 0.429. The SMILES string of the molecule is Cc1cc(C(N)=O)ccc1NC(=O)C1CCNCC1. The third-order valence-corrected chi connectivity index (χ3v) is 3.48. The van der Waals surface area contributed by atoms with Gasteiger partial charge in [-0.2, -0.15) is 0 Å². The topological polar surface area (TPSA) is 84.2 Å². The summed E-state index contributed by atoms with van der Waals surface area (Å²) in [6.45, 7) is 3.62. The monoisotopic (exact) mass is 261 g/mol. The number of aryl methyl sites for hydroxylation is 1. The van der Waals surface area contributed by atoms with Crippen LogP contribution in [-0.4, -0.2) is 24.9 Å². The first-order chi connectivity index (χ1) is 9.08. The average Bonchev–Trinajstić information content (AvgIpc) is 2.41. The second-order valence-corrected chi connectivity index (χ2v) is 4.91. The molecular weight excluding hydrogens is 242 g/mol. The fourth-order valence-corrected chi connectivity index (χ4v) is 2.28. The highest BCUT2D eigenvalue weighted by atomic mass is 16.2. The van der Waals surface area contributed by atoms with E-state index < -0.39 is 5.91 Å². The summed E-state index contributed by atoms with van der Waals surface area (Å²) in [7, 11) is 0. The van der Waals surface area contributed by atoms with Crippen molar-refractivity contribution in [2.75, 3.05) is 18.4 Å². The first kappa shape index (κ1) is 13.5. The van der Waals surface area contributed by atoms with Gasteiger partial charge in [0.1, 0.15) is 0 Å². The number of anilines is 1. The Morgan fingerprint density at radius 3 is 2.58 bits per heavy atom. The van der Waals surface area contributed by atoms with E-state index in [9.17, 15) is 9.59 Å². The number of hydrogen-bond donors (Lipinski definition) is 3. The van der Waals surface area contributed by atoms with Crippen molar-refractivity contribution in [2.24, 2.45) is 11.7 Å². The maximum Gasteiger partial charge on any atom is 0.248 e. The molecule has 19 heavy (non-hydrogen) atoms. The fourth-order valence-electron chi connectivity index (χ4n) is 2.28. The van der Waals surface area contributed by atoms with Crippen LogP contribution >= 0.6 is 0 Å². The lowest BCUT2D eigenvalue weighted by Crippen LogP contribution is -2.34. The van der Waals surface area contributed by atoms with E-state index in [1.165, 1.54) is 0 Å². The van der Waals surface area contributed by atoms with Crippen LogP contribution in [-0.2, 0) is 4.79 Å². The molecule has 0 unspecified atom stereocenters. The molecule has 2 rings (SSSR count).